The van der Waals surface area contributed by atoms with E-state index in [1.807, 2.05) is 13.8 Å². The third kappa shape index (κ3) is 10.8. The van der Waals surface area contributed by atoms with Crippen LogP contribution in [0.1, 0.15) is 46.0 Å². The van der Waals surface area contributed by atoms with Gasteiger partial charge in [0.25, 0.3) is 6.08 Å². The van der Waals surface area contributed by atoms with Crippen molar-refractivity contribution in [2.75, 3.05) is 19.8 Å². The first-order valence-electron chi connectivity index (χ1n) is 8.79. The summed E-state index contributed by atoms with van der Waals surface area (Å²) >= 11 is 5.98. The number of oxime groups is 1. The molecule has 27 heavy (non-hydrogen) atoms. The van der Waals surface area contributed by atoms with Crippen molar-refractivity contribution >= 4 is 17.3 Å². The fraction of sp³-hybridized carbons (Fsp3) is 0.526. The van der Waals surface area contributed by atoms with Crippen LogP contribution in [-0.2, 0) is 4.84 Å². The Kier molecular flexibility index (Phi) is 11.4. The van der Waals surface area contributed by atoms with Gasteiger partial charge in [0.05, 0.1) is 17.3 Å². The second-order valence-electron chi connectivity index (χ2n) is 6.01. The van der Waals surface area contributed by atoms with E-state index < -0.39 is 11.9 Å². The molecule has 0 spiro atoms. The van der Waals surface area contributed by atoms with E-state index in [2.05, 4.69) is 5.16 Å². The van der Waals surface area contributed by atoms with Gasteiger partial charge in [-0.05, 0) is 33.1 Å². The minimum absolute atomic E-state index is 0.0404. The van der Waals surface area contributed by atoms with Gasteiger partial charge in [0, 0.05) is 18.2 Å². The normalized spacial score (nSPS) is 10.3. The van der Waals surface area contributed by atoms with E-state index in [4.69, 9.17) is 25.9 Å². The van der Waals surface area contributed by atoms with Gasteiger partial charge in [0.1, 0.15) is 19.0 Å². The molecule has 0 heterocycles. The smallest absolute Gasteiger partial charge is 0.269 e. The molecule has 1 aromatic carbocycles. The van der Waals surface area contributed by atoms with Gasteiger partial charge in [0.2, 0.25) is 0 Å². The average molecular weight is 408 g/mol. The third-order valence-electron chi connectivity index (χ3n) is 3.33. The first-order chi connectivity index (χ1) is 12.9. The second-order valence-corrected chi connectivity index (χ2v) is 6.42. The van der Waals surface area contributed by atoms with E-state index in [0.29, 0.717) is 19.3 Å². The molecule has 4 nitrogen and oxygen atoms in total. The zero-order valence-electron chi connectivity index (χ0n) is 15.6. The predicted molar refractivity (Wildman–Crippen MR) is 101 cm³/mol. The first-order valence-corrected chi connectivity index (χ1v) is 9.17. The van der Waals surface area contributed by atoms with Gasteiger partial charge >= 0.3 is 0 Å². The van der Waals surface area contributed by atoms with Crippen LogP contribution in [0, 0.1) is 5.82 Å². The van der Waals surface area contributed by atoms with E-state index >= 15 is 0 Å². The number of rotatable bonds is 13. The quantitative estimate of drug-likeness (QED) is 0.216. The minimum atomic E-state index is -1.86. The Balaban J connectivity index is 2.24. The molecule has 1 rings (SSSR count). The first kappa shape index (κ1) is 23.1. The topological polar surface area (TPSA) is 40.0 Å². The molecule has 0 atom stereocenters. The number of hydrogen-bond donors (Lipinski definition) is 0. The summed E-state index contributed by atoms with van der Waals surface area (Å²) in [6.45, 7) is 4.32. The lowest BCUT2D eigenvalue weighted by atomic mass is 10.1. The lowest BCUT2D eigenvalue weighted by Gasteiger charge is -2.11. The highest BCUT2D eigenvalue weighted by Crippen LogP contribution is 2.32. The van der Waals surface area contributed by atoms with Crippen molar-refractivity contribution in [3.63, 3.8) is 0 Å². The van der Waals surface area contributed by atoms with Crippen LogP contribution < -0.4 is 9.47 Å². The monoisotopic (exact) mass is 407 g/mol. The fourth-order valence-corrected chi connectivity index (χ4v) is 2.36. The van der Waals surface area contributed by atoms with E-state index in [1.165, 1.54) is 6.07 Å². The predicted octanol–water partition coefficient (Wildman–Crippen LogP) is 6.38. The van der Waals surface area contributed by atoms with Crippen LogP contribution in [0.15, 0.2) is 29.4 Å². The van der Waals surface area contributed by atoms with Crippen molar-refractivity contribution in [1.82, 2.24) is 0 Å². The molecule has 0 N–H and O–H groups in total. The maximum Gasteiger partial charge on any atom is 0.269 e. The van der Waals surface area contributed by atoms with Crippen molar-refractivity contribution in [1.29, 1.82) is 0 Å². The molecule has 152 valence electrons. The number of ether oxygens (including phenoxy) is 2. The molecular weight excluding hydrogens is 383 g/mol. The number of unbranched alkanes of at least 4 members (excludes halogenated alkanes) is 4. The summed E-state index contributed by atoms with van der Waals surface area (Å²) in [6.07, 6.45) is 3.40. The van der Waals surface area contributed by atoms with Gasteiger partial charge in [-0.3, -0.25) is 0 Å². The molecule has 0 aliphatic heterocycles. The highest BCUT2D eigenvalue weighted by atomic mass is 35.5. The van der Waals surface area contributed by atoms with Crippen LogP contribution >= 0.6 is 11.6 Å². The lowest BCUT2D eigenvalue weighted by molar-refractivity contribution is 0.139. The van der Waals surface area contributed by atoms with Gasteiger partial charge in [-0.1, -0.05) is 29.6 Å². The van der Waals surface area contributed by atoms with Gasteiger partial charge < -0.3 is 14.3 Å². The zero-order chi connectivity index (χ0) is 20.1. The molecule has 0 amide bonds. The highest BCUT2D eigenvalue weighted by molar-refractivity contribution is 6.32. The van der Waals surface area contributed by atoms with Gasteiger partial charge in [-0.15, -0.1) is 0 Å². The number of halogens is 4. The average Bonchev–Trinajstić information content (AvgIpc) is 2.58. The highest BCUT2D eigenvalue weighted by Gasteiger charge is 2.12. The zero-order valence-corrected chi connectivity index (χ0v) is 16.3. The molecule has 0 fully saturated rings. The molecule has 0 aliphatic rings. The molecule has 0 unspecified atom stereocenters. The molecule has 1 aromatic rings. The Morgan fingerprint density at radius 1 is 1.04 bits per heavy atom. The number of nitrogens with zero attached hydrogens (tertiary/aromatic N) is 1. The van der Waals surface area contributed by atoms with Gasteiger partial charge in [0.15, 0.2) is 11.6 Å². The van der Waals surface area contributed by atoms with Crippen molar-refractivity contribution < 1.29 is 27.5 Å². The molecule has 0 saturated heterocycles. The summed E-state index contributed by atoms with van der Waals surface area (Å²) in [7, 11) is 0. The van der Waals surface area contributed by atoms with Crippen molar-refractivity contribution in [3.05, 3.63) is 35.1 Å². The molecule has 0 bridgehead atoms. The number of benzene rings is 1. The van der Waals surface area contributed by atoms with Crippen LogP contribution in [0.2, 0.25) is 5.02 Å². The molecule has 8 heteroatoms. The van der Waals surface area contributed by atoms with E-state index in [0.717, 1.165) is 43.9 Å². The largest absolute Gasteiger partial charge is 0.489 e. The Labute approximate surface area is 162 Å². The maximum atomic E-state index is 14.0. The van der Waals surface area contributed by atoms with Crippen LogP contribution in [-0.4, -0.2) is 25.5 Å². The Hall–Kier alpha value is -1.89. The van der Waals surface area contributed by atoms with Gasteiger partial charge in [-0.2, -0.15) is 8.78 Å². The van der Waals surface area contributed by atoms with Crippen LogP contribution in [0.25, 0.3) is 0 Å². The fourth-order valence-electron chi connectivity index (χ4n) is 2.11. The van der Waals surface area contributed by atoms with Crippen LogP contribution in [0.5, 0.6) is 11.5 Å². The third-order valence-corrected chi connectivity index (χ3v) is 3.61. The lowest BCUT2D eigenvalue weighted by Crippen LogP contribution is -2.01. The van der Waals surface area contributed by atoms with E-state index in [9.17, 15) is 13.2 Å². The standard InChI is InChI=1S/C19H25ClF3NO3/c1-14(2)24-27-10-7-5-3-4-6-9-26-19-16(20)12-15(13-17(19)21)25-11-8-18(22)23/h8,12-13H,3-7,9-11H2,1-2H3. The molecular formula is C19H25ClF3NO3. The summed E-state index contributed by atoms with van der Waals surface area (Å²) in [5.41, 5.74) is 0.892. The Morgan fingerprint density at radius 3 is 2.33 bits per heavy atom. The molecule has 0 saturated carbocycles. The SMILES string of the molecule is CC(C)=NOCCCCCCCOc1c(F)cc(OCC=C(F)F)cc1Cl. The Bertz CT molecular complexity index is 608. The van der Waals surface area contributed by atoms with Crippen LogP contribution in [0.3, 0.4) is 0 Å². The molecule has 0 radical (unpaired) electrons. The van der Waals surface area contributed by atoms with E-state index in [-0.39, 0.29) is 23.1 Å². The molecule has 0 aliphatic carbocycles. The molecule has 0 aromatic heterocycles. The summed E-state index contributed by atoms with van der Waals surface area (Å²) in [5, 5.41) is 3.90. The second kappa shape index (κ2) is 13.3. The van der Waals surface area contributed by atoms with Crippen molar-refractivity contribution in [2.24, 2.45) is 5.16 Å². The van der Waals surface area contributed by atoms with E-state index in [1.54, 1.807) is 0 Å². The summed E-state index contributed by atoms with van der Waals surface area (Å²) in [6, 6.07) is 2.40. The van der Waals surface area contributed by atoms with Crippen molar-refractivity contribution in [2.45, 2.75) is 46.0 Å². The van der Waals surface area contributed by atoms with Crippen molar-refractivity contribution in [3.8, 4) is 11.5 Å². The summed E-state index contributed by atoms with van der Waals surface area (Å²) in [5.74, 6) is -0.685. The minimum Gasteiger partial charge on any atom is -0.489 e. The maximum absolute atomic E-state index is 14.0. The summed E-state index contributed by atoms with van der Waals surface area (Å²) in [4.78, 5) is 5.11. The van der Waals surface area contributed by atoms with Crippen LogP contribution in [0.4, 0.5) is 13.2 Å². The number of hydrogen-bond acceptors (Lipinski definition) is 4. The summed E-state index contributed by atoms with van der Waals surface area (Å²) < 4.78 is 48.3. The van der Waals surface area contributed by atoms with Gasteiger partial charge in [-0.25, -0.2) is 4.39 Å². The Morgan fingerprint density at radius 2 is 1.70 bits per heavy atom.